The molecule has 0 radical (unpaired) electrons. The van der Waals surface area contributed by atoms with E-state index >= 15 is 0 Å². The number of amides is 1. The van der Waals surface area contributed by atoms with Gasteiger partial charge >= 0.3 is 6.18 Å². The molecule has 2 aromatic rings. The maximum atomic E-state index is 12.9. The zero-order chi connectivity index (χ0) is 18.8. The minimum absolute atomic E-state index is 0.0236. The molecule has 134 valence electrons. The van der Waals surface area contributed by atoms with Crippen LogP contribution in [0.15, 0.2) is 36.4 Å². The molecule has 0 spiro atoms. The van der Waals surface area contributed by atoms with Crippen LogP contribution in [0.1, 0.15) is 18.1 Å². The van der Waals surface area contributed by atoms with Gasteiger partial charge in [-0.15, -0.1) is 0 Å². The second kappa shape index (κ2) is 7.54. The Bertz CT molecular complexity index is 794. The summed E-state index contributed by atoms with van der Waals surface area (Å²) in [6.45, 7) is 3.27. The van der Waals surface area contributed by atoms with Gasteiger partial charge in [0.05, 0.1) is 10.6 Å². The van der Waals surface area contributed by atoms with Gasteiger partial charge in [0.1, 0.15) is 5.75 Å². The van der Waals surface area contributed by atoms with E-state index in [2.05, 4.69) is 5.32 Å². The summed E-state index contributed by atoms with van der Waals surface area (Å²) in [5.41, 5.74) is -0.266. The Kier molecular flexibility index (Phi) is 5.85. The number of carbonyl (C=O) groups is 1. The second-order valence-electron chi connectivity index (χ2n) is 5.35. The molecule has 2 aromatic carbocycles. The maximum absolute atomic E-state index is 12.9. The predicted molar refractivity (Wildman–Crippen MR) is 91.4 cm³/mol. The summed E-state index contributed by atoms with van der Waals surface area (Å²) in [4.78, 5) is 12.1. The number of carbonyl (C=O) groups excluding carboxylic acids is 1. The van der Waals surface area contributed by atoms with Crippen LogP contribution >= 0.6 is 23.2 Å². The van der Waals surface area contributed by atoms with Crippen LogP contribution < -0.4 is 10.1 Å². The van der Waals surface area contributed by atoms with Crippen LogP contribution in [0.3, 0.4) is 0 Å². The number of rotatable bonds is 4. The smallest absolute Gasteiger partial charge is 0.417 e. The molecule has 3 nitrogen and oxygen atoms in total. The van der Waals surface area contributed by atoms with Crippen molar-refractivity contribution >= 4 is 34.8 Å². The van der Waals surface area contributed by atoms with Gasteiger partial charge in [-0.2, -0.15) is 13.2 Å². The van der Waals surface area contributed by atoms with Crippen molar-refractivity contribution < 1.29 is 22.7 Å². The van der Waals surface area contributed by atoms with Gasteiger partial charge in [-0.3, -0.25) is 4.79 Å². The number of alkyl halides is 3. The normalized spacial score (nSPS) is 12.6. The molecular weight excluding hydrogens is 378 g/mol. The highest BCUT2D eigenvalue weighted by atomic mass is 35.5. The van der Waals surface area contributed by atoms with Crippen LogP contribution in [-0.4, -0.2) is 12.0 Å². The third-order valence-corrected chi connectivity index (χ3v) is 4.10. The lowest BCUT2D eigenvalue weighted by atomic mass is 10.2. The Labute approximate surface area is 152 Å². The number of ether oxygens (including phenoxy) is 1. The van der Waals surface area contributed by atoms with E-state index in [0.29, 0.717) is 10.8 Å². The number of anilines is 1. The first kappa shape index (κ1) is 19.4. The Morgan fingerprint density at radius 2 is 1.76 bits per heavy atom. The third-order valence-electron chi connectivity index (χ3n) is 3.35. The third kappa shape index (κ3) is 5.03. The number of hydrogen-bond acceptors (Lipinski definition) is 2. The van der Waals surface area contributed by atoms with Crippen molar-refractivity contribution in [2.75, 3.05) is 5.32 Å². The second-order valence-corrected chi connectivity index (χ2v) is 6.17. The fraction of sp³-hybridized carbons (Fsp3) is 0.235. The van der Waals surface area contributed by atoms with Gasteiger partial charge < -0.3 is 10.1 Å². The predicted octanol–water partition coefficient (Wildman–Crippen LogP) is 5.73. The molecule has 0 saturated heterocycles. The molecular formula is C17H14Cl2F3NO2. The standard InChI is InChI=1S/C17H14Cl2F3NO2/c1-9-7-12(4-6-14(9)18)25-10(2)16(24)23-11-3-5-15(19)13(8-11)17(20,21)22/h3-8,10H,1-2H3,(H,23,24)/t10-/m0/s1. The largest absolute Gasteiger partial charge is 0.481 e. The molecule has 25 heavy (non-hydrogen) atoms. The number of nitrogens with one attached hydrogen (secondary N) is 1. The summed E-state index contributed by atoms with van der Waals surface area (Å²) >= 11 is 11.5. The van der Waals surface area contributed by atoms with E-state index in [1.165, 1.54) is 13.0 Å². The van der Waals surface area contributed by atoms with Gasteiger partial charge in [0, 0.05) is 10.7 Å². The summed E-state index contributed by atoms with van der Waals surface area (Å²) in [5, 5.41) is 2.50. The molecule has 0 unspecified atom stereocenters. The number of halogens is 5. The van der Waals surface area contributed by atoms with Crippen LogP contribution in [0.25, 0.3) is 0 Å². The Hall–Kier alpha value is -1.92. The average Bonchev–Trinajstić information content (AvgIpc) is 2.51. The monoisotopic (exact) mass is 391 g/mol. The minimum Gasteiger partial charge on any atom is -0.481 e. The molecule has 0 fully saturated rings. The molecule has 1 atom stereocenters. The number of hydrogen-bond donors (Lipinski definition) is 1. The molecule has 0 saturated carbocycles. The maximum Gasteiger partial charge on any atom is 0.417 e. The van der Waals surface area contributed by atoms with Crippen LogP contribution in [-0.2, 0) is 11.0 Å². The summed E-state index contributed by atoms with van der Waals surface area (Å²) in [7, 11) is 0. The van der Waals surface area contributed by atoms with Gasteiger partial charge in [-0.25, -0.2) is 0 Å². The van der Waals surface area contributed by atoms with E-state index in [4.69, 9.17) is 27.9 Å². The highest BCUT2D eigenvalue weighted by Crippen LogP contribution is 2.36. The van der Waals surface area contributed by atoms with E-state index < -0.39 is 28.8 Å². The van der Waals surface area contributed by atoms with Crippen LogP contribution in [0.4, 0.5) is 18.9 Å². The molecule has 0 aliphatic rings. The molecule has 1 amide bonds. The van der Waals surface area contributed by atoms with Crippen molar-refractivity contribution in [3.8, 4) is 5.75 Å². The lowest BCUT2D eigenvalue weighted by Gasteiger charge is -2.16. The van der Waals surface area contributed by atoms with E-state index in [9.17, 15) is 18.0 Å². The number of benzene rings is 2. The molecule has 8 heteroatoms. The molecule has 0 aliphatic heterocycles. The van der Waals surface area contributed by atoms with Crippen molar-refractivity contribution in [2.45, 2.75) is 26.1 Å². The van der Waals surface area contributed by atoms with E-state index in [1.54, 1.807) is 25.1 Å². The topological polar surface area (TPSA) is 38.3 Å². The summed E-state index contributed by atoms with van der Waals surface area (Å²) in [5.74, 6) is -0.167. The fourth-order valence-corrected chi connectivity index (χ4v) is 2.35. The van der Waals surface area contributed by atoms with Gasteiger partial charge in [0.25, 0.3) is 5.91 Å². The fourth-order valence-electron chi connectivity index (χ4n) is 2.01. The molecule has 0 heterocycles. The van der Waals surface area contributed by atoms with E-state index in [0.717, 1.165) is 17.7 Å². The highest BCUT2D eigenvalue weighted by molar-refractivity contribution is 6.31. The van der Waals surface area contributed by atoms with Gasteiger partial charge in [0.15, 0.2) is 6.10 Å². The first-order valence-corrected chi connectivity index (χ1v) is 7.94. The highest BCUT2D eigenvalue weighted by Gasteiger charge is 2.33. The van der Waals surface area contributed by atoms with Crippen molar-refractivity contribution in [3.05, 3.63) is 57.6 Å². The van der Waals surface area contributed by atoms with Crippen LogP contribution in [0, 0.1) is 6.92 Å². The summed E-state index contributed by atoms with van der Waals surface area (Å²) in [6.07, 6.45) is -5.54. The molecule has 0 aliphatic carbocycles. The van der Waals surface area contributed by atoms with Crippen molar-refractivity contribution in [1.82, 2.24) is 0 Å². The Morgan fingerprint density at radius 3 is 2.36 bits per heavy atom. The molecule has 0 bridgehead atoms. The van der Waals surface area contributed by atoms with Crippen LogP contribution in [0.5, 0.6) is 5.75 Å². The van der Waals surface area contributed by atoms with Gasteiger partial charge in [-0.05, 0) is 55.8 Å². The average molecular weight is 392 g/mol. The van der Waals surface area contributed by atoms with Crippen molar-refractivity contribution in [1.29, 1.82) is 0 Å². The molecule has 0 aromatic heterocycles. The molecule has 1 N–H and O–H groups in total. The summed E-state index contributed by atoms with van der Waals surface area (Å²) < 4.78 is 44.0. The van der Waals surface area contributed by atoms with E-state index in [-0.39, 0.29) is 5.69 Å². The number of aryl methyl sites for hydroxylation is 1. The lowest BCUT2D eigenvalue weighted by molar-refractivity contribution is -0.137. The minimum atomic E-state index is -4.61. The zero-order valence-electron chi connectivity index (χ0n) is 13.2. The van der Waals surface area contributed by atoms with Gasteiger partial charge in [0.2, 0.25) is 0 Å². The first-order valence-electron chi connectivity index (χ1n) is 7.18. The van der Waals surface area contributed by atoms with Gasteiger partial charge in [-0.1, -0.05) is 23.2 Å². The SMILES string of the molecule is Cc1cc(O[C@@H](C)C(=O)Nc2ccc(Cl)c(C(F)(F)F)c2)ccc1Cl. The van der Waals surface area contributed by atoms with Crippen molar-refractivity contribution in [3.63, 3.8) is 0 Å². The first-order chi connectivity index (χ1) is 11.6. The quantitative estimate of drug-likeness (QED) is 0.722. The zero-order valence-corrected chi connectivity index (χ0v) is 14.8. The summed E-state index contributed by atoms with van der Waals surface area (Å²) in [6, 6.07) is 8.03. The lowest BCUT2D eigenvalue weighted by Crippen LogP contribution is -2.30. The van der Waals surface area contributed by atoms with Crippen molar-refractivity contribution in [2.24, 2.45) is 0 Å². The van der Waals surface area contributed by atoms with Crippen LogP contribution in [0.2, 0.25) is 10.0 Å². The molecule has 2 rings (SSSR count). The van der Waals surface area contributed by atoms with E-state index in [1.807, 2.05) is 0 Å². The Balaban J connectivity index is 2.09. The Morgan fingerprint density at radius 1 is 1.12 bits per heavy atom.